The highest BCUT2D eigenvalue weighted by molar-refractivity contribution is 6.29. The Labute approximate surface area is 124 Å². The van der Waals surface area contributed by atoms with Crippen LogP contribution in [-0.2, 0) is 0 Å². The Kier molecular flexibility index (Phi) is 4.14. The Balaban J connectivity index is 2.35. The van der Waals surface area contributed by atoms with Gasteiger partial charge in [-0.3, -0.25) is 0 Å². The average molecular weight is 292 g/mol. The Morgan fingerprint density at radius 2 is 1.75 bits per heavy atom. The van der Waals surface area contributed by atoms with Gasteiger partial charge in [0.15, 0.2) is 0 Å². The van der Waals surface area contributed by atoms with Gasteiger partial charge in [0.1, 0.15) is 10.9 Å². The van der Waals surface area contributed by atoms with Gasteiger partial charge in [-0.1, -0.05) is 11.6 Å². The van der Waals surface area contributed by atoms with E-state index >= 15 is 0 Å². The summed E-state index contributed by atoms with van der Waals surface area (Å²) in [5.74, 6) is 1.33. The van der Waals surface area contributed by atoms with Crippen LogP contribution in [0.5, 0.6) is 5.75 Å². The molecular formula is C15H18ClN3O. The third-order valence-electron chi connectivity index (χ3n) is 2.57. The van der Waals surface area contributed by atoms with Crippen LogP contribution in [0, 0.1) is 0 Å². The molecule has 0 spiro atoms. The normalized spacial score (nSPS) is 11.2. The number of hydrogen-bond acceptors (Lipinski definition) is 4. The van der Waals surface area contributed by atoms with Crippen LogP contribution in [0.15, 0.2) is 30.3 Å². The maximum atomic E-state index is 6.07. The standard InChI is InChI=1S/C15H18ClN3O/c1-15(2,3)19-14-17-12(9-13(16)18-14)10-5-7-11(20-4)8-6-10/h5-9H,1-4H3,(H,17,18,19). The van der Waals surface area contributed by atoms with Gasteiger partial charge in [0.05, 0.1) is 12.8 Å². The van der Waals surface area contributed by atoms with Crippen molar-refractivity contribution in [1.29, 1.82) is 0 Å². The van der Waals surface area contributed by atoms with E-state index in [9.17, 15) is 0 Å². The van der Waals surface area contributed by atoms with Crippen molar-refractivity contribution in [3.63, 3.8) is 0 Å². The number of anilines is 1. The summed E-state index contributed by atoms with van der Waals surface area (Å²) in [6.07, 6.45) is 0. The Morgan fingerprint density at radius 3 is 2.30 bits per heavy atom. The number of aromatic nitrogens is 2. The van der Waals surface area contributed by atoms with E-state index < -0.39 is 0 Å². The Hall–Kier alpha value is -1.81. The number of nitrogens with one attached hydrogen (secondary N) is 1. The lowest BCUT2D eigenvalue weighted by Crippen LogP contribution is -2.27. The van der Waals surface area contributed by atoms with Gasteiger partial charge in [-0.05, 0) is 45.0 Å². The molecule has 106 valence electrons. The smallest absolute Gasteiger partial charge is 0.225 e. The summed E-state index contributed by atoms with van der Waals surface area (Å²) in [4.78, 5) is 8.69. The summed E-state index contributed by atoms with van der Waals surface area (Å²) < 4.78 is 5.15. The molecule has 4 nitrogen and oxygen atoms in total. The predicted octanol–water partition coefficient (Wildman–Crippen LogP) is 4.02. The zero-order valence-electron chi connectivity index (χ0n) is 12.1. The molecule has 1 N–H and O–H groups in total. The molecule has 0 aliphatic carbocycles. The number of benzene rings is 1. The second-order valence-corrected chi connectivity index (χ2v) is 5.89. The van der Waals surface area contributed by atoms with Gasteiger partial charge in [-0.25, -0.2) is 9.97 Å². The molecule has 0 saturated heterocycles. The molecule has 0 atom stereocenters. The first-order chi connectivity index (χ1) is 9.37. The highest BCUT2D eigenvalue weighted by atomic mass is 35.5. The maximum Gasteiger partial charge on any atom is 0.225 e. The lowest BCUT2D eigenvalue weighted by atomic mass is 10.1. The van der Waals surface area contributed by atoms with Crippen molar-refractivity contribution in [2.75, 3.05) is 12.4 Å². The van der Waals surface area contributed by atoms with Crippen LogP contribution in [0.3, 0.4) is 0 Å². The second-order valence-electron chi connectivity index (χ2n) is 5.50. The zero-order valence-corrected chi connectivity index (χ0v) is 12.8. The molecule has 0 radical (unpaired) electrons. The number of rotatable bonds is 3. The van der Waals surface area contributed by atoms with Gasteiger partial charge in [-0.15, -0.1) is 0 Å². The SMILES string of the molecule is COc1ccc(-c2cc(Cl)nc(NC(C)(C)C)n2)cc1. The van der Waals surface area contributed by atoms with Crippen molar-refractivity contribution in [2.24, 2.45) is 0 Å². The molecule has 2 aromatic rings. The summed E-state index contributed by atoms with van der Waals surface area (Å²) in [5, 5.41) is 3.64. The van der Waals surface area contributed by atoms with Gasteiger partial charge in [0.25, 0.3) is 0 Å². The monoisotopic (exact) mass is 291 g/mol. The van der Waals surface area contributed by atoms with E-state index in [1.165, 1.54) is 0 Å². The lowest BCUT2D eigenvalue weighted by Gasteiger charge is -2.20. The largest absolute Gasteiger partial charge is 0.497 e. The average Bonchev–Trinajstić information content (AvgIpc) is 2.36. The van der Waals surface area contributed by atoms with Crippen molar-refractivity contribution in [3.8, 4) is 17.0 Å². The van der Waals surface area contributed by atoms with Crippen LogP contribution >= 0.6 is 11.6 Å². The molecule has 1 aromatic heterocycles. The molecule has 20 heavy (non-hydrogen) atoms. The van der Waals surface area contributed by atoms with Gasteiger partial charge >= 0.3 is 0 Å². The molecule has 5 heteroatoms. The first-order valence-corrected chi connectivity index (χ1v) is 6.72. The predicted molar refractivity (Wildman–Crippen MR) is 82.4 cm³/mol. The van der Waals surface area contributed by atoms with Crippen LogP contribution in [-0.4, -0.2) is 22.6 Å². The zero-order chi connectivity index (χ0) is 14.8. The van der Waals surface area contributed by atoms with E-state index in [0.717, 1.165) is 17.0 Å². The number of halogens is 1. The lowest BCUT2D eigenvalue weighted by molar-refractivity contribution is 0.415. The van der Waals surface area contributed by atoms with E-state index in [1.54, 1.807) is 13.2 Å². The molecule has 0 saturated carbocycles. The van der Waals surface area contributed by atoms with Crippen molar-refractivity contribution in [1.82, 2.24) is 9.97 Å². The van der Waals surface area contributed by atoms with Crippen molar-refractivity contribution >= 4 is 17.5 Å². The van der Waals surface area contributed by atoms with Gasteiger partial charge in [0.2, 0.25) is 5.95 Å². The van der Waals surface area contributed by atoms with Gasteiger partial charge in [0, 0.05) is 17.2 Å². The van der Waals surface area contributed by atoms with E-state index in [0.29, 0.717) is 11.1 Å². The number of ether oxygens (including phenoxy) is 1. The van der Waals surface area contributed by atoms with Crippen LogP contribution in [0.1, 0.15) is 20.8 Å². The fourth-order valence-corrected chi connectivity index (χ4v) is 1.90. The second kappa shape index (κ2) is 5.67. The molecule has 0 bridgehead atoms. The van der Waals surface area contributed by atoms with Crippen LogP contribution < -0.4 is 10.1 Å². The molecule has 0 fully saturated rings. The van der Waals surface area contributed by atoms with Gasteiger partial charge < -0.3 is 10.1 Å². The Bertz CT molecular complexity index is 591. The van der Waals surface area contributed by atoms with Crippen molar-refractivity contribution in [2.45, 2.75) is 26.3 Å². The summed E-state index contributed by atoms with van der Waals surface area (Å²) in [6.45, 7) is 6.14. The van der Waals surface area contributed by atoms with E-state index in [1.807, 2.05) is 45.0 Å². The fraction of sp³-hybridized carbons (Fsp3) is 0.333. The molecule has 1 aromatic carbocycles. The summed E-state index contributed by atoms with van der Waals surface area (Å²) in [6, 6.07) is 9.42. The first kappa shape index (κ1) is 14.6. The van der Waals surface area contributed by atoms with Crippen LogP contribution in [0.4, 0.5) is 5.95 Å². The molecular weight excluding hydrogens is 274 g/mol. The minimum atomic E-state index is -0.123. The molecule has 0 unspecified atom stereocenters. The van der Waals surface area contributed by atoms with Crippen LogP contribution in [0.2, 0.25) is 5.15 Å². The minimum Gasteiger partial charge on any atom is -0.497 e. The van der Waals surface area contributed by atoms with E-state index in [2.05, 4.69) is 15.3 Å². The highest BCUT2D eigenvalue weighted by Gasteiger charge is 2.13. The number of hydrogen-bond donors (Lipinski definition) is 1. The first-order valence-electron chi connectivity index (χ1n) is 6.34. The molecule has 2 rings (SSSR count). The fourth-order valence-electron chi connectivity index (χ4n) is 1.72. The third-order valence-corrected chi connectivity index (χ3v) is 2.76. The summed E-state index contributed by atoms with van der Waals surface area (Å²) >= 11 is 6.07. The molecule has 0 aliphatic heterocycles. The van der Waals surface area contributed by atoms with Crippen LogP contribution in [0.25, 0.3) is 11.3 Å². The third kappa shape index (κ3) is 3.84. The number of nitrogens with zero attached hydrogens (tertiary/aromatic N) is 2. The maximum absolute atomic E-state index is 6.07. The van der Waals surface area contributed by atoms with Gasteiger partial charge in [-0.2, -0.15) is 0 Å². The highest BCUT2D eigenvalue weighted by Crippen LogP contribution is 2.24. The van der Waals surface area contributed by atoms with E-state index in [4.69, 9.17) is 16.3 Å². The minimum absolute atomic E-state index is 0.123. The summed E-state index contributed by atoms with van der Waals surface area (Å²) in [7, 11) is 1.64. The number of methoxy groups -OCH3 is 1. The Morgan fingerprint density at radius 1 is 1.10 bits per heavy atom. The summed E-state index contributed by atoms with van der Waals surface area (Å²) in [5.41, 5.74) is 1.62. The quantitative estimate of drug-likeness (QED) is 0.868. The van der Waals surface area contributed by atoms with Crippen molar-refractivity contribution < 1.29 is 4.74 Å². The molecule has 1 heterocycles. The molecule has 0 aliphatic rings. The van der Waals surface area contributed by atoms with E-state index in [-0.39, 0.29) is 5.54 Å². The van der Waals surface area contributed by atoms with Crippen molar-refractivity contribution in [3.05, 3.63) is 35.5 Å². The molecule has 0 amide bonds. The topological polar surface area (TPSA) is 47.0 Å².